The van der Waals surface area contributed by atoms with Gasteiger partial charge < -0.3 is 4.90 Å². The van der Waals surface area contributed by atoms with Crippen LogP contribution in [0.5, 0.6) is 0 Å². The fourth-order valence-electron chi connectivity index (χ4n) is 3.25. The molecule has 0 aromatic carbocycles. The van der Waals surface area contributed by atoms with E-state index >= 15 is 0 Å². The summed E-state index contributed by atoms with van der Waals surface area (Å²) in [5.41, 5.74) is 0.393. The molecule has 0 bridgehead atoms. The Morgan fingerprint density at radius 1 is 1.18 bits per heavy atom. The second kappa shape index (κ2) is 4.29. The SMILES string of the molecule is CC1(C(=O)N2CCC(C(C)(C)C)CC2)CCC1. The van der Waals surface area contributed by atoms with Crippen LogP contribution in [0.15, 0.2) is 0 Å². The summed E-state index contributed by atoms with van der Waals surface area (Å²) in [6.45, 7) is 11.1. The van der Waals surface area contributed by atoms with Gasteiger partial charge in [0.1, 0.15) is 0 Å². The van der Waals surface area contributed by atoms with Gasteiger partial charge in [-0.25, -0.2) is 0 Å². The van der Waals surface area contributed by atoms with Crippen LogP contribution < -0.4 is 0 Å². The molecule has 2 nitrogen and oxygen atoms in total. The zero-order valence-corrected chi connectivity index (χ0v) is 11.9. The van der Waals surface area contributed by atoms with Crippen molar-refractivity contribution in [3.05, 3.63) is 0 Å². The van der Waals surface area contributed by atoms with Crippen LogP contribution in [0.2, 0.25) is 0 Å². The van der Waals surface area contributed by atoms with Crippen LogP contribution >= 0.6 is 0 Å². The molecule has 0 aromatic rings. The second-order valence-electron chi connectivity index (χ2n) is 7.35. The molecule has 1 aliphatic heterocycles. The molecule has 0 unspecified atom stereocenters. The highest BCUT2D eigenvalue weighted by Gasteiger charge is 2.43. The van der Waals surface area contributed by atoms with Crippen LogP contribution in [0, 0.1) is 16.7 Å². The van der Waals surface area contributed by atoms with Gasteiger partial charge in [0.2, 0.25) is 5.91 Å². The number of carbonyl (C=O) groups excluding carboxylic acids is 1. The lowest BCUT2D eigenvalue weighted by Gasteiger charge is -2.44. The van der Waals surface area contributed by atoms with Crippen molar-refractivity contribution in [1.29, 1.82) is 0 Å². The fraction of sp³-hybridized carbons (Fsp3) is 0.933. The molecule has 1 saturated heterocycles. The fourth-order valence-corrected chi connectivity index (χ4v) is 3.25. The van der Waals surface area contributed by atoms with Crippen LogP contribution in [-0.4, -0.2) is 23.9 Å². The number of hydrogen-bond donors (Lipinski definition) is 0. The Hall–Kier alpha value is -0.530. The number of amides is 1. The van der Waals surface area contributed by atoms with E-state index in [4.69, 9.17) is 0 Å². The van der Waals surface area contributed by atoms with E-state index in [0.29, 0.717) is 11.3 Å². The summed E-state index contributed by atoms with van der Waals surface area (Å²) in [7, 11) is 0. The molecule has 17 heavy (non-hydrogen) atoms. The van der Waals surface area contributed by atoms with Gasteiger partial charge in [-0.2, -0.15) is 0 Å². The molecule has 2 fully saturated rings. The van der Waals surface area contributed by atoms with Crippen molar-refractivity contribution in [2.45, 2.75) is 59.8 Å². The minimum Gasteiger partial charge on any atom is -0.342 e. The zero-order valence-electron chi connectivity index (χ0n) is 11.9. The van der Waals surface area contributed by atoms with Crippen molar-refractivity contribution in [3.8, 4) is 0 Å². The normalized spacial score (nSPS) is 25.5. The first-order chi connectivity index (χ1) is 7.83. The maximum absolute atomic E-state index is 12.4. The predicted molar refractivity (Wildman–Crippen MR) is 70.7 cm³/mol. The monoisotopic (exact) mass is 237 g/mol. The van der Waals surface area contributed by atoms with E-state index in [1.807, 2.05) is 0 Å². The summed E-state index contributed by atoms with van der Waals surface area (Å²) in [6.07, 6.45) is 5.81. The molecule has 0 atom stereocenters. The highest BCUT2D eigenvalue weighted by Crippen LogP contribution is 2.43. The molecule has 0 aromatic heterocycles. The molecule has 98 valence electrons. The van der Waals surface area contributed by atoms with Gasteiger partial charge in [0, 0.05) is 18.5 Å². The van der Waals surface area contributed by atoms with E-state index in [1.165, 1.54) is 19.3 Å². The average molecular weight is 237 g/mol. The molecule has 1 saturated carbocycles. The van der Waals surface area contributed by atoms with Gasteiger partial charge in [-0.05, 0) is 37.0 Å². The van der Waals surface area contributed by atoms with Crippen molar-refractivity contribution >= 4 is 5.91 Å². The third-order valence-electron chi connectivity index (χ3n) is 4.98. The Kier molecular flexibility index (Phi) is 3.26. The van der Waals surface area contributed by atoms with Crippen molar-refractivity contribution in [2.75, 3.05) is 13.1 Å². The maximum atomic E-state index is 12.4. The highest BCUT2D eigenvalue weighted by atomic mass is 16.2. The predicted octanol–water partition coefficient (Wildman–Crippen LogP) is 3.46. The van der Waals surface area contributed by atoms with Gasteiger partial charge in [0.05, 0.1) is 0 Å². The first-order valence-corrected chi connectivity index (χ1v) is 7.12. The van der Waals surface area contributed by atoms with E-state index in [-0.39, 0.29) is 5.41 Å². The van der Waals surface area contributed by atoms with Crippen LogP contribution in [0.3, 0.4) is 0 Å². The Labute approximate surface area is 106 Å². The summed E-state index contributed by atoms with van der Waals surface area (Å²) in [4.78, 5) is 14.5. The lowest BCUT2D eigenvalue weighted by atomic mass is 9.68. The number of rotatable bonds is 1. The molecular weight excluding hydrogens is 210 g/mol. The minimum atomic E-state index is -0.00539. The maximum Gasteiger partial charge on any atom is 0.228 e. The minimum absolute atomic E-state index is 0.00539. The van der Waals surface area contributed by atoms with E-state index in [1.54, 1.807) is 0 Å². The van der Waals surface area contributed by atoms with Gasteiger partial charge in [-0.15, -0.1) is 0 Å². The van der Waals surface area contributed by atoms with E-state index in [0.717, 1.165) is 31.8 Å². The molecule has 0 spiro atoms. The quantitative estimate of drug-likeness (QED) is 0.684. The van der Waals surface area contributed by atoms with Crippen LogP contribution in [0.25, 0.3) is 0 Å². The number of carbonyl (C=O) groups is 1. The molecule has 2 heteroatoms. The van der Waals surface area contributed by atoms with Crippen molar-refractivity contribution < 1.29 is 4.79 Å². The molecule has 1 aliphatic carbocycles. The van der Waals surface area contributed by atoms with Gasteiger partial charge in [-0.1, -0.05) is 34.1 Å². The molecule has 1 amide bonds. The summed E-state index contributed by atoms with van der Waals surface area (Å²) in [6, 6.07) is 0. The molecule has 0 radical (unpaired) electrons. The van der Waals surface area contributed by atoms with Gasteiger partial charge in [0.25, 0.3) is 0 Å². The molecular formula is C15H27NO. The summed E-state index contributed by atoms with van der Waals surface area (Å²) < 4.78 is 0. The summed E-state index contributed by atoms with van der Waals surface area (Å²) in [5, 5.41) is 0. The van der Waals surface area contributed by atoms with Gasteiger partial charge >= 0.3 is 0 Å². The van der Waals surface area contributed by atoms with Gasteiger partial charge in [0.15, 0.2) is 0 Å². The van der Waals surface area contributed by atoms with Crippen LogP contribution in [-0.2, 0) is 4.79 Å². The van der Waals surface area contributed by atoms with E-state index in [9.17, 15) is 4.79 Å². The smallest absolute Gasteiger partial charge is 0.228 e. The Morgan fingerprint density at radius 3 is 2.06 bits per heavy atom. The van der Waals surface area contributed by atoms with E-state index in [2.05, 4.69) is 32.6 Å². The summed E-state index contributed by atoms with van der Waals surface area (Å²) >= 11 is 0. The average Bonchev–Trinajstić information content (AvgIpc) is 2.24. The Morgan fingerprint density at radius 2 is 1.71 bits per heavy atom. The molecule has 2 aliphatic rings. The largest absolute Gasteiger partial charge is 0.342 e. The first kappa shape index (κ1) is 12.9. The van der Waals surface area contributed by atoms with Crippen molar-refractivity contribution in [2.24, 2.45) is 16.7 Å². The first-order valence-electron chi connectivity index (χ1n) is 7.12. The van der Waals surface area contributed by atoms with E-state index < -0.39 is 0 Å². The van der Waals surface area contributed by atoms with Crippen molar-refractivity contribution in [3.63, 3.8) is 0 Å². The Balaban J connectivity index is 1.89. The third kappa shape index (κ3) is 2.51. The van der Waals surface area contributed by atoms with Gasteiger partial charge in [-0.3, -0.25) is 4.79 Å². The molecule has 2 rings (SSSR count). The lowest BCUT2D eigenvalue weighted by Crippen LogP contribution is -2.49. The third-order valence-corrected chi connectivity index (χ3v) is 4.98. The second-order valence-corrected chi connectivity index (χ2v) is 7.35. The van der Waals surface area contributed by atoms with Crippen LogP contribution in [0.1, 0.15) is 59.8 Å². The number of piperidine rings is 1. The number of likely N-dealkylation sites (tertiary alicyclic amines) is 1. The Bertz CT molecular complexity index is 291. The number of hydrogen-bond acceptors (Lipinski definition) is 1. The number of nitrogens with zero attached hydrogens (tertiary/aromatic N) is 1. The van der Waals surface area contributed by atoms with Crippen molar-refractivity contribution in [1.82, 2.24) is 4.90 Å². The lowest BCUT2D eigenvalue weighted by molar-refractivity contribution is -0.148. The highest BCUT2D eigenvalue weighted by molar-refractivity contribution is 5.83. The van der Waals surface area contributed by atoms with Crippen LogP contribution in [0.4, 0.5) is 0 Å². The topological polar surface area (TPSA) is 20.3 Å². The standard InChI is InChI=1S/C15H27NO/c1-14(2,3)12-6-10-16(11-7-12)13(17)15(4)8-5-9-15/h12H,5-11H2,1-4H3. The zero-order chi connectivity index (χ0) is 12.7. The summed E-state index contributed by atoms with van der Waals surface area (Å²) in [5.74, 6) is 1.21. The molecule has 0 N–H and O–H groups in total. The molecule has 1 heterocycles.